The molecule has 12 heteroatoms. The predicted octanol–water partition coefficient (Wildman–Crippen LogP) is 6.55. The number of piperazine rings is 1. The van der Waals surface area contributed by atoms with Gasteiger partial charge in [-0.2, -0.15) is 0 Å². The molecule has 3 aromatic carbocycles. The van der Waals surface area contributed by atoms with Crippen molar-refractivity contribution in [2.45, 2.75) is 18.2 Å². The van der Waals surface area contributed by atoms with E-state index in [1.165, 1.54) is 33.8 Å². The second kappa shape index (κ2) is 12.6. The average Bonchev–Trinajstić information content (AvgIpc) is 3.64. The molecule has 0 bridgehead atoms. The van der Waals surface area contributed by atoms with E-state index in [9.17, 15) is 23.1 Å². The minimum absolute atomic E-state index is 0.0312. The average molecular weight is 664 g/mol. The van der Waals surface area contributed by atoms with Crippen LogP contribution in [0, 0.1) is 6.92 Å². The van der Waals surface area contributed by atoms with Gasteiger partial charge in [0.25, 0.3) is 15.9 Å². The molecule has 1 saturated heterocycles. The molecule has 0 aliphatic carbocycles. The number of furan rings is 1. The first kappa shape index (κ1) is 30.7. The lowest BCUT2D eigenvalue weighted by atomic mass is 10.1. The molecule has 5 aromatic rings. The lowest BCUT2D eigenvalue weighted by Crippen LogP contribution is -2.49. The van der Waals surface area contributed by atoms with Crippen molar-refractivity contribution in [2.75, 3.05) is 41.9 Å². The third-order valence-electron chi connectivity index (χ3n) is 7.98. The van der Waals surface area contributed by atoms with Crippen LogP contribution < -0.4 is 9.21 Å². The van der Waals surface area contributed by atoms with Crippen molar-refractivity contribution in [2.24, 2.45) is 0 Å². The first-order valence-corrected chi connectivity index (χ1v) is 17.0. The van der Waals surface area contributed by atoms with Crippen LogP contribution in [0.3, 0.4) is 0 Å². The summed E-state index contributed by atoms with van der Waals surface area (Å²) < 4.78 is 36.4. The highest BCUT2D eigenvalue weighted by Crippen LogP contribution is 2.36. The molecule has 0 spiro atoms. The van der Waals surface area contributed by atoms with Gasteiger partial charge in [0.15, 0.2) is 0 Å². The molecule has 232 valence electrons. The van der Waals surface area contributed by atoms with Crippen molar-refractivity contribution in [1.82, 2.24) is 4.90 Å². The van der Waals surface area contributed by atoms with Gasteiger partial charge in [0.1, 0.15) is 5.58 Å². The molecule has 0 saturated carbocycles. The molecule has 1 aliphatic rings. The van der Waals surface area contributed by atoms with Crippen molar-refractivity contribution in [3.8, 4) is 0 Å². The Morgan fingerprint density at radius 2 is 1.67 bits per heavy atom. The Morgan fingerprint density at radius 3 is 2.36 bits per heavy atom. The van der Waals surface area contributed by atoms with Crippen molar-refractivity contribution in [3.05, 3.63) is 111 Å². The van der Waals surface area contributed by atoms with Gasteiger partial charge in [-0.25, -0.2) is 13.2 Å². The summed E-state index contributed by atoms with van der Waals surface area (Å²) in [5, 5.41) is 9.95. The number of thiophene rings is 1. The quantitative estimate of drug-likeness (QED) is 0.190. The number of para-hydroxylation sites is 2. The lowest BCUT2D eigenvalue weighted by molar-refractivity contribution is 0.0663. The smallest absolute Gasteiger partial charge is 0.372 e. The summed E-state index contributed by atoms with van der Waals surface area (Å²) in [4.78, 5) is 29.2. The van der Waals surface area contributed by atoms with Gasteiger partial charge in [0, 0.05) is 43.7 Å². The molecule has 0 radical (unpaired) electrons. The minimum Gasteiger partial charge on any atom is -0.475 e. The number of fused-ring (bicyclic) bond motifs is 1. The standard InChI is InChI=1S/C33H30ClN3O6S2/c1-22-25-21-24(11-12-28(25)43-31(22)33(39)40)45(41,42)37(16-15-23-7-3-2-4-8-23)27-10-6-5-9-26(27)35-17-19-36(20-18-35)32(38)29-13-14-30(34)44-29/h2-14,21H,15-20H2,1H3,(H,39,40). The summed E-state index contributed by atoms with van der Waals surface area (Å²) in [5.41, 5.74) is 2.92. The molecule has 2 aromatic heterocycles. The number of hydrogen-bond donors (Lipinski definition) is 1. The Balaban J connectivity index is 1.34. The third kappa shape index (κ3) is 6.15. The van der Waals surface area contributed by atoms with Gasteiger partial charge in [-0.1, -0.05) is 54.1 Å². The second-order valence-electron chi connectivity index (χ2n) is 10.7. The molecular weight excluding hydrogens is 634 g/mol. The van der Waals surface area contributed by atoms with E-state index in [1.54, 1.807) is 30.0 Å². The van der Waals surface area contributed by atoms with Gasteiger partial charge in [-0.15, -0.1) is 11.3 Å². The molecule has 0 unspecified atom stereocenters. The summed E-state index contributed by atoms with van der Waals surface area (Å²) in [6, 6.07) is 24.9. The van der Waals surface area contributed by atoms with Crippen LogP contribution in [0.15, 0.2) is 94.2 Å². The number of carboxylic acids is 1. The van der Waals surface area contributed by atoms with E-state index < -0.39 is 16.0 Å². The highest BCUT2D eigenvalue weighted by atomic mass is 35.5. The molecule has 45 heavy (non-hydrogen) atoms. The maximum absolute atomic E-state index is 14.5. The second-order valence-corrected chi connectivity index (χ2v) is 14.3. The molecule has 6 rings (SSSR count). The number of halogens is 1. The molecule has 1 aliphatic heterocycles. The van der Waals surface area contributed by atoms with E-state index in [0.29, 0.717) is 64.0 Å². The topological polar surface area (TPSA) is 111 Å². The first-order valence-electron chi connectivity index (χ1n) is 14.3. The molecule has 3 heterocycles. The predicted molar refractivity (Wildman–Crippen MR) is 176 cm³/mol. The number of amides is 1. The van der Waals surface area contributed by atoms with Crippen molar-refractivity contribution in [3.63, 3.8) is 0 Å². The number of aryl methyl sites for hydroxylation is 1. The van der Waals surface area contributed by atoms with Crippen LogP contribution in [0.1, 0.15) is 31.4 Å². The van der Waals surface area contributed by atoms with Gasteiger partial charge in [-0.3, -0.25) is 9.10 Å². The normalized spacial score (nSPS) is 13.7. The molecular formula is C33H30ClN3O6S2. The zero-order valence-corrected chi connectivity index (χ0v) is 26.7. The fourth-order valence-electron chi connectivity index (χ4n) is 5.62. The van der Waals surface area contributed by atoms with Crippen molar-refractivity contribution < 1.29 is 27.5 Å². The SMILES string of the molecule is Cc1c(C(=O)O)oc2ccc(S(=O)(=O)N(CCc3ccccc3)c3ccccc3N3CCN(C(=O)c4ccc(Cl)s4)CC3)cc12. The summed E-state index contributed by atoms with van der Waals surface area (Å²) >= 11 is 7.30. The van der Waals surface area contributed by atoms with Crippen LogP contribution >= 0.6 is 22.9 Å². The number of hydrogen-bond acceptors (Lipinski definition) is 7. The van der Waals surface area contributed by atoms with Gasteiger partial charge in [-0.05, 0) is 61.4 Å². The Labute approximate surface area is 269 Å². The highest BCUT2D eigenvalue weighted by Gasteiger charge is 2.31. The molecule has 0 atom stereocenters. The van der Waals surface area contributed by atoms with Gasteiger partial charge in [0.05, 0.1) is 25.5 Å². The third-order valence-corrected chi connectivity index (χ3v) is 11.0. The number of carbonyl (C=O) groups excluding carboxylic acids is 1. The zero-order valence-electron chi connectivity index (χ0n) is 24.4. The van der Waals surface area contributed by atoms with Crippen LogP contribution in [0.25, 0.3) is 11.0 Å². The van der Waals surface area contributed by atoms with Crippen LogP contribution in [0.2, 0.25) is 4.34 Å². The maximum Gasteiger partial charge on any atom is 0.372 e. The van der Waals surface area contributed by atoms with Gasteiger partial charge in [0.2, 0.25) is 5.76 Å². The Bertz CT molecular complexity index is 1980. The number of rotatable bonds is 9. The van der Waals surface area contributed by atoms with Gasteiger partial charge >= 0.3 is 5.97 Å². The number of aromatic carboxylic acids is 1. The van der Waals surface area contributed by atoms with E-state index in [-0.39, 0.29) is 23.1 Å². The van der Waals surface area contributed by atoms with E-state index in [0.717, 1.165) is 11.3 Å². The summed E-state index contributed by atoms with van der Waals surface area (Å²) in [5.74, 6) is -1.50. The summed E-state index contributed by atoms with van der Waals surface area (Å²) in [6.07, 6.45) is 0.468. The van der Waals surface area contributed by atoms with Crippen LogP contribution in [-0.2, 0) is 16.4 Å². The van der Waals surface area contributed by atoms with E-state index >= 15 is 0 Å². The van der Waals surface area contributed by atoms with Crippen LogP contribution in [0.4, 0.5) is 11.4 Å². The number of sulfonamides is 1. The number of anilines is 2. The molecule has 1 N–H and O–H groups in total. The molecule has 9 nitrogen and oxygen atoms in total. The number of benzene rings is 3. The summed E-state index contributed by atoms with van der Waals surface area (Å²) in [6.45, 7) is 3.76. The van der Waals surface area contributed by atoms with Crippen molar-refractivity contribution >= 4 is 67.2 Å². The highest BCUT2D eigenvalue weighted by molar-refractivity contribution is 7.92. The van der Waals surface area contributed by atoms with Crippen LogP contribution in [0.5, 0.6) is 0 Å². The van der Waals surface area contributed by atoms with E-state index in [2.05, 4.69) is 4.90 Å². The number of nitrogens with zero attached hydrogens (tertiary/aromatic N) is 3. The van der Waals surface area contributed by atoms with Gasteiger partial charge < -0.3 is 19.3 Å². The Hall–Kier alpha value is -4.32. The fourth-order valence-corrected chi connectivity index (χ4v) is 8.13. The van der Waals surface area contributed by atoms with E-state index in [4.69, 9.17) is 16.0 Å². The first-order chi connectivity index (χ1) is 21.6. The van der Waals surface area contributed by atoms with E-state index in [1.807, 2.05) is 48.5 Å². The number of carboxylic acid groups (broad SMARTS) is 1. The monoisotopic (exact) mass is 663 g/mol. The maximum atomic E-state index is 14.5. The summed E-state index contributed by atoms with van der Waals surface area (Å²) in [7, 11) is -4.12. The van der Waals surface area contributed by atoms with Crippen LogP contribution in [-0.4, -0.2) is 63.0 Å². The fraction of sp³-hybridized carbons (Fsp3) is 0.212. The Kier molecular flexibility index (Phi) is 8.59. The van der Waals surface area contributed by atoms with Crippen molar-refractivity contribution in [1.29, 1.82) is 0 Å². The molecule has 1 amide bonds. The largest absolute Gasteiger partial charge is 0.475 e. The number of carbonyl (C=O) groups is 2. The Morgan fingerprint density at radius 1 is 0.956 bits per heavy atom. The molecule has 1 fully saturated rings. The minimum atomic E-state index is -4.12. The lowest BCUT2D eigenvalue weighted by Gasteiger charge is -2.38. The zero-order chi connectivity index (χ0) is 31.7.